The summed E-state index contributed by atoms with van der Waals surface area (Å²) < 4.78 is 25.4. The first kappa shape index (κ1) is 26.6. The summed E-state index contributed by atoms with van der Waals surface area (Å²) in [7, 11) is 0. The highest BCUT2D eigenvalue weighted by Crippen LogP contribution is 2.25. The quantitative estimate of drug-likeness (QED) is 0.252. The van der Waals surface area contributed by atoms with E-state index in [4.69, 9.17) is 21.4 Å². The van der Waals surface area contributed by atoms with Crippen LogP contribution in [0.5, 0.6) is 0 Å². The van der Waals surface area contributed by atoms with Crippen molar-refractivity contribution in [1.82, 2.24) is 15.5 Å². The normalized spacial score (nSPS) is 13.8. The third-order valence-corrected chi connectivity index (χ3v) is 6.82. The summed E-state index contributed by atoms with van der Waals surface area (Å²) in [5.41, 5.74) is 1.19. The smallest absolute Gasteiger partial charge is 0.267 e. The summed E-state index contributed by atoms with van der Waals surface area (Å²) in [5.74, 6) is -0.869. The molecular weight excluding hydrogens is 513 g/mol. The van der Waals surface area contributed by atoms with E-state index in [0.717, 1.165) is 18.7 Å². The van der Waals surface area contributed by atoms with Crippen molar-refractivity contribution in [1.29, 1.82) is 0 Å². The number of nitrogens with zero attached hydrogens (tertiary/aromatic N) is 1. The topological polar surface area (TPSA) is 83.8 Å². The zero-order chi connectivity index (χ0) is 26.0. The number of morpholine rings is 1. The van der Waals surface area contributed by atoms with Crippen LogP contribution in [0.25, 0.3) is 6.08 Å². The molecule has 2 amide bonds. The van der Waals surface area contributed by atoms with Gasteiger partial charge in [-0.1, -0.05) is 42.5 Å². The number of carbonyl (C=O) groups is 2. The van der Waals surface area contributed by atoms with Crippen LogP contribution >= 0.6 is 24.0 Å². The number of ether oxygens (including phenoxy) is 1. The molecule has 7 nitrogen and oxygen atoms in total. The Hall–Kier alpha value is -3.47. The Morgan fingerprint density at radius 3 is 2.59 bits per heavy atom. The van der Waals surface area contributed by atoms with E-state index in [1.807, 2.05) is 0 Å². The lowest BCUT2D eigenvalue weighted by Crippen LogP contribution is -2.38. The first-order valence-corrected chi connectivity index (χ1v) is 13.0. The number of benzene rings is 2. The minimum absolute atomic E-state index is 0.0229. The molecule has 0 bridgehead atoms. The van der Waals surface area contributed by atoms with Gasteiger partial charge >= 0.3 is 0 Å². The standard InChI is InChI=1S/C27H26FN3O4S2/c28-21-8-4-5-19(17-21)11-12-29-26(33)23(30-25(32)20-6-2-1-3-7-20)18-22-9-10-24(35-22)37-27(36)31-13-15-34-16-14-31/h1-10,17-18H,11-16H2,(H,29,33)(H,30,32). The molecule has 37 heavy (non-hydrogen) atoms. The van der Waals surface area contributed by atoms with Gasteiger partial charge in [0.1, 0.15) is 21.6 Å². The van der Waals surface area contributed by atoms with Gasteiger partial charge in [0.05, 0.1) is 13.2 Å². The molecule has 0 radical (unpaired) electrons. The van der Waals surface area contributed by atoms with Gasteiger partial charge in [-0.05, 0) is 60.1 Å². The van der Waals surface area contributed by atoms with E-state index in [1.54, 1.807) is 54.6 Å². The molecule has 1 aliphatic heterocycles. The number of rotatable bonds is 8. The van der Waals surface area contributed by atoms with Crippen molar-refractivity contribution in [3.05, 3.63) is 95.1 Å². The van der Waals surface area contributed by atoms with E-state index in [2.05, 4.69) is 15.5 Å². The number of thioether (sulfide) groups is 1. The predicted octanol–water partition coefficient (Wildman–Crippen LogP) is 4.26. The molecule has 1 fully saturated rings. The third kappa shape index (κ3) is 8.01. The van der Waals surface area contributed by atoms with Gasteiger partial charge in [0.15, 0.2) is 5.09 Å². The summed E-state index contributed by atoms with van der Waals surface area (Å²) in [6.07, 6.45) is 1.91. The molecule has 0 aliphatic carbocycles. The van der Waals surface area contributed by atoms with Crippen molar-refractivity contribution in [2.75, 3.05) is 32.8 Å². The second-order valence-electron chi connectivity index (χ2n) is 8.14. The van der Waals surface area contributed by atoms with Gasteiger partial charge in [0.2, 0.25) is 0 Å². The second kappa shape index (κ2) is 13.2. The van der Waals surface area contributed by atoms with E-state index in [0.29, 0.717) is 40.4 Å². The molecule has 0 unspecified atom stereocenters. The number of nitrogens with one attached hydrogen (secondary N) is 2. The Morgan fingerprint density at radius 1 is 1.05 bits per heavy atom. The lowest BCUT2D eigenvalue weighted by Gasteiger charge is -2.28. The van der Waals surface area contributed by atoms with Crippen molar-refractivity contribution >= 4 is 46.2 Å². The molecule has 3 aromatic rings. The van der Waals surface area contributed by atoms with Gasteiger partial charge in [-0.15, -0.1) is 0 Å². The van der Waals surface area contributed by atoms with Gasteiger partial charge in [-0.25, -0.2) is 4.39 Å². The number of hydrogen-bond donors (Lipinski definition) is 2. The first-order valence-electron chi connectivity index (χ1n) is 11.7. The van der Waals surface area contributed by atoms with Gasteiger partial charge < -0.3 is 24.7 Å². The molecule has 0 spiro atoms. The van der Waals surface area contributed by atoms with Crippen LogP contribution in [0.15, 0.2) is 81.9 Å². The molecule has 192 valence electrons. The minimum atomic E-state index is -0.491. The number of halogens is 1. The Bertz CT molecular complexity index is 1270. The van der Waals surface area contributed by atoms with Crippen LogP contribution in [-0.4, -0.2) is 53.9 Å². The number of amides is 2. The van der Waals surface area contributed by atoms with Crippen LogP contribution in [-0.2, 0) is 16.0 Å². The highest BCUT2D eigenvalue weighted by atomic mass is 32.2. The Kier molecular flexibility index (Phi) is 9.47. The number of carbonyl (C=O) groups excluding carboxylic acids is 2. The van der Waals surface area contributed by atoms with Crippen LogP contribution in [0, 0.1) is 5.82 Å². The number of hydrogen-bond acceptors (Lipinski definition) is 6. The van der Waals surface area contributed by atoms with Crippen LogP contribution in [0.4, 0.5) is 4.39 Å². The molecule has 1 aliphatic rings. The second-order valence-corrected chi connectivity index (χ2v) is 9.78. The summed E-state index contributed by atoms with van der Waals surface area (Å²) >= 11 is 6.83. The van der Waals surface area contributed by atoms with Crippen LogP contribution in [0.3, 0.4) is 0 Å². The maximum Gasteiger partial charge on any atom is 0.267 e. The maximum absolute atomic E-state index is 13.4. The molecule has 2 aromatic carbocycles. The minimum Gasteiger partial charge on any atom is -0.450 e. The predicted molar refractivity (Wildman–Crippen MR) is 145 cm³/mol. The van der Waals surface area contributed by atoms with Gasteiger partial charge in [-0.3, -0.25) is 9.59 Å². The molecule has 4 rings (SSSR count). The lowest BCUT2D eigenvalue weighted by atomic mass is 10.1. The van der Waals surface area contributed by atoms with Gasteiger partial charge in [-0.2, -0.15) is 0 Å². The summed E-state index contributed by atoms with van der Waals surface area (Å²) in [4.78, 5) is 27.8. The molecule has 0 saturated carbocycles. The lowest BCUT2D eigenvalue weighted by molar-refractivity contribution is -0.117. The number of furan rings is 1. The highest BCUT2D eigenvalue weighted by Gasteiger charge is 2.18. The maximum atomic E-state index is 13.4. The average Bonchev–Trinajstić information content (AvgIpc) is 3.35. The Morgan fingerprint density at radius 2 is 1.84 bits per heavy atom. The van der Waals surface area contributed by atoms with Crippen molar-refractivity contribution < 1.29 is 23.1 Å². The van der Waals surface area contributed by atoms with Crippen molar-refractivity contribution in [2.45, 2.75) is 11.5 Å². The molecule has 1 saturated heterocycles. The zero-order valence-electron chi connectivity index (χ0n) is 19.9. The fourth-order valence-electron chi connectivity index (χ4n) is 3.56. The summed E-state index contributed by atoms with van der Waals surface area (Å²) in [5, 5.41) is 6.03. The van der Waals surface area contributed by atoms with Crippen molar-refractivity contribution in [3.63, 3.8) is 0 Å². The summed E-state index contributed by atoms with van der Waals surface area (Å²) in [6.45, 7) is 2.97. The van der Waals surface area contributed by atoms with Gasteiger partial charge in [0.25, 0.3) is 11.8 Å². The Balaban J connectivity index is 1.45. The fourth-order valence-corrected chi connectivity index (χ4v) is 4.74. The molecule has 2 heterocycles. The molecule has 2 N–H and O–H groups in total. The summed E-state index contributed by atoms with van der Waals surface area (Å²) in [6, 6.07) is 18.3. The van der Waals surface area contributed by atoms with Crippen LogP contribution < -0.4 is 10.6 Å². The average molecular weight is 540 g/mol. The van der Waals surface area contributed by atoms with E-state index in [-0.39, 0.29) is 18.1 Å². The van der Waals surface area contributed by atoms with Crippen LogP contribution in [0.1, 0.15) is 21.7 Å². The largest absolute Gasteiger partial charge is 0.450 e. The van der Waals surface area contributed by atoms with Crippen molar-refractivity contribution in [2.24, 2.45) is 0 Å². The number of thiocarbonyl (C=S) groups is 1. The molecule has 10 heteroatoms. The van der Waals surface area contributed by atoms with E-state index >= 15 is 0 Å². The van der Waals surface area contributed by atoms with Gasteiger partial charge in [0, 0.05) is 31.3 Å². The third-order valence-electron chi connectivity index (χ3n) is 5.46. The van der Waals surface area contributed by atoms with E-state index in [9.17, 15) is 14.0 Å². The zero-order valence-corrected chi connectivity index (χ0v) is 21.6. The van der Waals surface area contributed by atoms with E-state index < -0.39 is 11.8 Å². The molecular formula is C27H26FN3O4S2. The monoisotopic (exact) mass is 539 g/mol. The van der Waals surface area contributed by atoms with Crippen molar-refractivity contribution in [3.8, 4) is 0 Å². The molecule has 0 atom stereocenters. The van der Waals surface area contributed by atoms with E-state index in [1.165, 1.54) is 30.0 Å². The fraction of sp³-hybridized carbons (Fsp3) is 0.222. The Labute approximate surface area is 224 Å². The highest BCUT2D eigenvalue weighted by molar-refractivity contribution is 8.22. The molecule has 1 aromatic heterocycles. The van der Waals surface area contributed by atoms with Crippen LogP contribution in [0.2, 0.25) is 0 Å². The first-order chi connectivity index (χ1) is 18.0. The SMILES string of the molecule is O=C(NCCc1cccc(F)c1)C(=Cc1ccc(SC(=S)N2CCOCC2)o1)NC(=O)c1ccccc1.